The van der Waals surface area contributed by atoms with Gasteiger partial charge in [-0.05, 0) is 5.56 Å². The second-order valence-electron chi connectivity index (χ2n) is 3.30. The lowest BCUT2D eigenvalue weighted by atomic mass is 9.94. The molecule has 1 heterocycles. The van der Waals surface area contributed by atoms with Crippen LogP contribution in [-0.4, -0.2) is 12.5 Å². The zero-order valence-corrected chi connectivity index (χ0v) is 7.63. The summed E-state index contributed by atoms with van der Waals surface area (Å²) < 4.78 is 0. The van der Waals surface area contributed by atoms with Gasteiger partial charge in [0.25, 0.3) is 0 Å². The first-order valence-electron chi connectivity index (χ1n) is 4.50. The van der Waals surface area contributed by atoms with E-state index in [1.807, 2.05) is 30.3 Å². The van der Waals surface area contributed by atoms with E-state index < -0.39 is 0 Å². The third kappa shape index (κ3) is 1.51. The molecular formula is C10H11N3O. The van der Waals surface area contributed by atoms with Crippen LogP contribution in [0.1, 0.15) is 11.6 Å². The first kappa shape index (κ1) is 8.87. The number of hydrogen-bond acceptors (Lipinski definition) is 3. The number of carbonyl (C=O) groups is 1. The molecule has 1 aliphatic rings. The van der Waals surface area contributed by atoms with Crippen LogP contribution in [0.2, 0.25) is 0 Å². The summed E-state index contributed by atoms with van der Waals surface area (Å²) in [5.74, 6) is -0.610. The minimum Gasteiger partial charge on any atom is -0.369 e. The number of benzene rings is 1. The van der Waals surface area contributed by atoms with Crippen molar-refractivity contribution in [2.45, 2.75) is 6.04 Å². The van der Waals surface area contributed by atoms with E-state index in [0.717, 1.165) is 5.56 Å². The molecule has 0 radical (unpaired) electrons. The minimum absolute atomic E-state index is 0.186. The summed E-state index contributed by atoms with van der Waals surface area (Å²) in [6.45, 7) is 0.412. The lowest BCUT2D eigenvalue weighted by Crippen LogP contribution is -2.27. The summed E-state index contributed by atoms with van der Waals surface area (Å²) in [5.41, 5.74) is 6.26. The van der Waals surface area contributed by atoms with Gasteiger partial charge in [0, 0.05) is 0 Å². The third-order valence-corrected chi connectivity index (χ3v) is 2.37. The Hall–Kier alpha value is -1.71. The van der Waals surface area contributed by atoms with E-state index in [9.17, 15) is 4.79 Å². The number of amides is 1. The Bertz CT molecular complexity index is 361. The van der Waals surface area contributed by atoms with Gasteiger partial charge >= 0.3 is 0 Å². The normalized spacial score (nSPS) is 25.1. The highest BCUT2D eigenvalue weighted by Crippen LogP contribution is 2.31. The molecule has 1 aromatic carbocycles. The lowest BCUT2D eigenvalue weighted by Gasteiger charge is -2.12. The van der Waals surface area contributed by atoms with Crippen molar-refractivity contribution in [2.24, 2.45) is 21.9 Å². The zero-order chi connectivity index (χ0) is 9.97. The summed E-state index contributed by atoms with van der Waals surface area (Å²) >= 11 is 0. The van der Waals surface area contributed by atoms with Crippen LogP contribution in [0.3, 0.4) is 0 Å². The van der Waals surface area contributed by atoms with Crippen LogP contribution in [0.5, 0.6) is 0 Å². The van der Waals surface area contributed by atoms with Crippen molar-refractivity contribution in [1.82, 2.24) is 0 Å². The summed E-state index contributed by atoms with van der Waals surface area (Å²) in [7, 11) is 0. The standard InChI is InChI=1S/C10H11N3O/c11-10(14)8-6-12-13-9(8)7-4-2-1-3-5-7/h1-5,8-9H,6H2,(H2,11,14). The van der Waals surface area contributed by atoms with Gasteiger partial charge in [-0.3, -0.25) is 4.79 Å². The predicted molar refractivity (Wildman–Crippen MR) is 51.6 cm³/mol. The van der Waals surface area contributed by atoms with Crippen LogP contribution >= 0.6 is 0 Å². The van der Waals surface area contributed by atoms with Crippen LogP contribution in [0.25, 0.3) is 0 Å². The van der Waals surface area contributed by atoms with Crippen LogP contribution in [-0.2, 0) is 4.79 Å². The van der Waals surface area contributed by atoms with Gasteiger partial charge in [0.15, 0.2) is 0 Å². The van der Waals surface area contributed by atoms with E-state index in [2.05, 4.69) is 10.2 Å². The Morgan fingerprint density at radius 2 is 2.07 bits per heavy atom. The average Bonchev–Trinajstić information content (AvgIpc) is 2.67. The Labute approximate surface area is 81.8 Å². The third-order valence-electron chi connectivity index (χ3n) is 2.37. The Balaban J connectivity index is 2.26. The molecular weight excluding hydrogens is 178 g/mol. The fraction of sp³-hybridized carbons (Fsp3) is 0.300. The van der Waals surface area contributed by atoms with E-state index in [1.165, 1.54) is 0 Å². The largest absolute Gasteiger partial charge is 0.369 e. The zero-order valence-electron chi connectivity index (χ0n) is 7.63. The van der Waals surface area contributed by atoms with Crippen LogP contribution in [0, 0.1) is 5.92 Å². The highest BCUT2D eigenvalue weighted by Gasteiger charge is 2.31. The quantitative estimate of drug-likeness (QED) is 0.748. The van der Waals surface area contributed by atoms with Gasteiger partial charge in [0.2, 0.25) is 5.91 Å². The number of nitrogens with two attached hydrogens (primary N) is 1. The molecule has 4 heteroatoms. The Morgan fingerprint density at radius 1 is 1.36 bits per heavy atom. The first-order valence-corrected chi connectivity index (χ1v) is 4.50. The van der Waals surface area contributed by atoms with Crippen molar-refractivity contribution in [3.63, 3.8) is 0 Å². The number of nitrogens with zero attached hydrogens (tertiary/aromatic N) is 2. The SMILES string of the molecule is NC(=O)C1CN=NC1c1ccccc1. The molecule has 0 bridgehead atoms. The Morgan fingerprint density at radius 3 is 2.71 bits per heavy atom. The van der Waals surface area contributed by atoms with Gasteiger partial charge in [0.1, 0.15) is 6.04 Å². The summed E-state index contributed by atoms with van der Waals surface area (Å²) in [6, 6.07) is 9.45. The molecule has 2 unspecified atom stereocenters. The van der Waals surface area contributed by atoms with Gasteiger partial charge in [0.05, 0.1) is 12.5 Å². The fourth-order valence-electron chi connectivity index (χ4n) is 1.60. The highest BCUT2D eigenvalue weighted by atomic mass is 16.1. The Kier molecular flexibility index (Phi) is 2.26. The molecule has 1 aromatic rings. The number of azo groups is 1. The average molecular weight is 189 g/mol. The second-order valence-corrected chi connectivity index (χ2v) is 3.30. The maximum Gasteiger partial charge on any atom is 0.225 e. The molecule has 1 amide bonds. The molecule has 1 aliphatic heterocycles. The monoisotopic (exact) mass is 189 g/mol. The summed E-state index contributed by atoms with van der Waals surface area (Å²) in [6.07, 6.45) is 0. The van der Waals surface area contributed by atoms with Gasteiger partial charge in [-0.15, -0.1) is 0 Å². The van der Waals surface area contributed by atoms with Crippen molar-refractivity contribution in [3.05, 3.63) is 35.9 Å². The van der Waals surface area contributed by atoms with E-state index in [4.69, 9.17) is 5.73 Å². The van der Waals surface area contributed by atoms with Gasteiger partial charge < -0.3 is 5.73 Å². The number of carbonyl (C=O) groups excluding carboxylic acids is 1. The molecule has 0 saturated heterocycles. The fourth-order valence-corrected chi connectivity index (χ4v) is 1.60. The van der Waals surface area contributed by atoms with Crippen molar-refractivity contribution in [3.8, 4) is 0 Å². The van der Waals surface area contributed by atoms with Crippen LogP contribution < -0.4 is 5.73 Å². The smallest absolute Gasteiger partial charge is 0.225 e. The number of rotatable bonds is 2. The molecule has 72 valence electrons. The van der Waals surface area contributed by atoms with E-state index >= 15 is 0 Å². The summed E-state index contributed by atoms with van der Waals surface area (Å²) in [4.78, 5) is 11.1. The molecule has 0 aliphatic carbocycles. The van der Waals surface area contributed by atoms with Crippen molar-refractivity contribution < 1.29 is 4.79 Å². The minimum atomic E-state index is -0.330. The summed E-state index contributed by atoms with van der Waals surface area (Å²) in [5, 5.41) is 7.90. The van der Waals surface area contributed by atoms with Gasteiger partial charge in [-0.25, -0.2) is 0 Å². The molecule has 0 fully saturated rings. The molecule has 2 rings (SSSR count). The molecule has 2 atom stereocenters. The molecule has 2 N–H and O–H groups in total. The molecule has 4 nitrogen and oxygen atoms in total. The topological polar surface area (TPSA) is 67.8 Å². The first-order chi connectivity index (χ1) is 6.79. The van der Waals surface area contributed by atoms with E-state index in [-0.39, 0.29) is 17.9 Å². The van der Waals surface area contributed by atoms with Crippen LogP contribution in [0.4, 0.5) is 0 Å². The molecule has 14 heavy (non-hydrogen) atoms. The molecule has 0 spiro atoms. The van der Waals surface area contributed by atoms with Gasteiger partial charge in [-0.1, -0.05) is 30.3 Å². The predicted octanol–water partition coefficient (Wildman–Crippen LogP) is 1.30. The van der Waals surface area contributed by atoms with Gasteiger partial charge in [-0.2, -0.15) is 10.2 Å². The van der Waals surface area contributed by atoms with E-state index in [1.54, 1.807) is 0 Å². The highest BCUT2D eigenvalue weighted by molar-refractivity contribution is 5.78. The second kappa shape index (κ2) is 3.57. The van der Waals surface area contributed by atoms with E-state index in [0.29, 0.717) is 6.54 Å². The number of hydrogen-bond donors (Lipinski definition) is 1. The maximum atomic E-state index is 11.1. The van der Waals surface area contributed by atoms with Crippen molar-refractivity contribution in [2.75, 3.05) is 6.54 Å². The van der Waals surface area contributed by atoms with Crippen molar-refractivity contribution in [1.29, 1.82) is 0 Å². The lowest BCUT2D eigenvalue weighted by molar-refractivity contribution is -0.121. The maximum absolute atomic E-state index is 11.1. The number of primary amides is 1. The molecule has 0 aromatic heterocycles. The molecule has 0 saturated carbocycles. The van der Waals surface area contributed by atoms with Crippen LogP contribution in [0.15, 0.2) is 40.6 Å². The van der Waals surface area contributed by atoms with Crippen molar-refractivity contribution >= 4 is 5.91 Å².